The lowest BCUT2D eigenvalue weighted by molar-refractivity contribution is -0.122. The molecule has 4 N–H and O–H groups in total. The second-order valence-electron chi connectivity index (χ2n) is 7.58. The molecule has 0 saturated carbocycles. The smallest absolute Gasteiger partial charge is 0.241 e. The molecule has 3 aromatic carbocycles. The predicted molar refractivity (Wildman–Crippen MR) is 125 cm³/mol. The number of aryl methyl sites for hydroxylation is 1. The van der Waals surface area contributed by atoms with Crippen molar-refractivity contribution in [2.75, 3.05) is 0 Å². The van der Waals surface area contributed by atoms with Gasteiger partial charge in [-0.05, 0) is 48.7 Å². The SMILES string of the molecule is Cc1ccc(S(=O)(=O)N[C@H](Cc2ccccc2)C(=O)NCc2ccc(S(N)(=O)=O)cc2)cc1. The van der Waals surface area contributed by atoms with Crippen molar-refractivity contribution in [3.05, 3.63) is 95.6 Å². The fourth-order valence-corrected chi connectivity index (χ4v) is 4.83. The first-order valence-electron chi connectivity index (χ1n) is 10.1. The average Bonchev–Trinajstić information content (AvgIpc) is 2.77. The quantitative estimate of drug-likeness (QED) is 0.423. The van der Waals surface area contributed by atoms with Gasteiger partial charge >= 0.3 is 0 Å². The Morgan fingerprint density at radius 1 is 0.818 bits per heavy atom. The first-order valence-corrected chi connectivity index (χ1v) is 13.1. The summed E-state index contributed by atoms with van der Waals surface area (Å²) in [6.45, 7) is 1.94. The van der Waals surface area contributed by atoms with E-state index in [-0.39, 0.29) is 22.8 Å². The maximum absolute atomic E-state index is 13.0. The van der Waals surface area contributed by atoms with Crippen LogP contribution in [0.3, 0.4) is 0 Å². The van der Waals surface area contributed by atoms with E-state index < -0.39 is 32.0 Å². The highest BCUT2D eigenvalue weighted by Gasteiger charge is 2.26. The van der Waals surface area contributed by atoms with Crippen LogP contribution in [0.15, 0.2) is 88.7 Å². The maximum atomic E-state index is 13.0. The topological polar surface area (TPSA) is 135 Å². The van der Waals surface area contributed by atoms with Crippen molar-refractivity contribution in [1.29, 1.82) is 0 Å². The molecule has 0 saturated heterocycles. The van der Waals surface area contributed by atoms with Gasteiger partial charge in [0.05, 0.1) is 9.79 Å². The first-order chi connectivity index (χ1) is 15.5. The van der Waals surface area contributed by atoms with Crippen molar-refractivity contribution < 1.29 is 21.6 Å². The number of sulfonamides is 2. The number of carbonyl (C=O) groups is 1. The Kier molecular flexibility index (Phi) is 7.65. The lowest BCUT2D eigenvalue weighted by Crippen LogP contribution is -2.47. The maximum Gasteiger partial charge on any atom is 0.241 e. The summed E-state index contributed by atoms with van der Waals surface area (Å²) >= 11 is 0. The van der Waals surface area contributed by atoms with Crippen molar-refractivity contribution in [2.45, 2.75) is 35.7 Å². The highest BCUT2D eigenvalue weighted by Crippen LogP contribution is 2.13. The van der Waals surface area contributed by atoms with E-state index in [4.69, 9.17) is 5.14 Å². The number of hydrogen-bond donors (Lipinski definition) is 3. The molecule has 1 amide bonds. The van der Waals surface area contributed by atoms with Crippen LogP contribution in [0.5, 0.6) is 0 Å². The second kappa shape index (κ2) is 10.3. The summed E-state index contributed by atoms with van der Waals surface area (Å²) in [6, 6.07) is 20.1. The van der Waals surface area contributed by atoms with Crippen LogP contribution in [0.4, 0.5) is 0 Å². The van der Waals surface area contributed by atoms with Gasteiger partial charge in [0.2, 0.25) is 26.0 Å². The van der Waals surface area contributed by atoms with Gasteiger partial charge in [0.15, 0.2) is 0 Å². The molecule has 0 heterocycles. The molecule has 0 aromatic heterocycles. The van der Waals surface area contributed by atoms with E-state index in [0.717, 1.165) is 11.1 Å². The van der Waals surface area contributed by atoms with E-state index in [1.54, 1.807) is 12.1 Å². The molecule has 0 unspecified atom stereocenters. The van der Waals surface area contributed by atoms with E-state index >= 15 is 0 Å². The summed E-state index contributed by atoms with van der Waals surface area (Å²) < 4.78 is 51.1. The number of rotatable bonds is 9. The largest absolute Gasteiger partial charge is 0.351 e. The Morgan fingerprint density at radius 3 is 1.97 bits per heavy atom. The van der Waals surface area contributed by atoms with E-state index in [1.807, 2.05) is 37.3 Å². The van der Waals surface area contributed by atoms with Crippen molar-refractivity contribution in [2.24, 2.45) is 5.14 Å². The summed E-state index contributed by atoms with van der Waals surface area (Å²) in [4.78, 5) is 13.0. The minimum atomic E-state index is -3.94. The number of benzene rings is 3. The molecule has 174 valence electrons. The number of nitrogens with two attached hydrogens (primary N) is 1. The molecule has 0 aliphatic heterocycles. The zero-order valence-corrected chi connectivity index (χ0v) is 19.6. The zero-order valence-electron chi connectivity index (χ0n) is 17.9. The minimum absolute atomic E-state index is 0.0367. The third-order valence-corrected chi connectivity index (χ3v) is 7.36. The van der Waals surface area contributed by atoms with Crippen molar-refractivity contribution in [3.63, 3.8) is 0 Å². The van der Waals surface area contributed by atoms with Gasteiger partial charge in [0, 0.05) is 6.54 Å². The number of hydrogen-bond acceptors (Lipinski definition) is 5. The van der Waals surface area contributed by atoms with Crippen LogP contribution in [-0.4, -0.2) is 28.8 Å². The summed E-state index contributed by atoms with van der Waals surface area (Å²) in [5.74, 6) is -0.509. The van der Waals surface area contributed by atoms with Crippen molar-refractivity contribution in [3.8, 4) is 0 Å². The molecular weight excluding hydrogens is 462 g/mol. The van der Waals surface area contributed by atoms with Crippen molar-refractivity contribution >= 4 is 26.0 Å². The van der Waals surface area contributed by atoms with Crippen LogP contribution < -0.4 is 15.2 Å². The molecule has 0 bridgehead atoms. The summed E-state index contributed by atoms with van der Waals surface area (Å²) in [7, 11) is -7.75. The zero-order chi connectivity index (χ0) is 24.1. The molecular formula is C23H25N3O5S2. The van der Waals surface area contributed by atoms with Crippen LogP contribution in [0.25, 0.3) is 0 Å². The Balaban J connectivity index is 1.77. The highest BCUT2D eigenvalue weighted by molar-refractivity contribution is 7.89. The third-order valence-electron chi connectivity index (χ3n) is 4.95. The molecule has 8 nitrogen and oxygen atoms in total. The normalized spacial score (nSPS) is 12.8. The highest BCUT2D eigenvalue weighted by atomic mass is 32.2. The van der Waals surface area contributed by atoms with Gasteiger partial charge < -0.3 is 5.32 Å². The molecule has 0 aliphatic rings. The third kappa shape index (κ3) is 6.96. The number of carbonyl (C=O) groups excluding carboxylic acids is 1. The standard InChI is InChI=1S/C23H25N3O5S2/c1-17-7-11-21(12-8-17)33(30,31)26-22(15-18-5-3-2-4-6-18)23(27)25-16-19-9-13-20(14-10-19)32(24,28)29/h2-14,22,26H,15-16H2,1H3,(H,25,27)(H2,24,28,29)/t22-/m1/s1. The Morgan fingerprint density at radius 2 is 1.39 bits per heavy atom. The fraction of sp³-hybridized carbons (Fsp3) is 0.174. The van der Waals surface area contributed by atoms with Gasteiger partial charge in [-0.25, -0.2) is 22.0 Å². The molecule has 0 spiro atoms. The van der Waals surface area contributed by atoms with Gasteiger partial charge in [-0.3, -0.25) is 4.79 Å². The van der Waals surface area contributed by atoms with E-state index in [0.29, 0.717) is 5.56 Å². The lowest BCUT2D eigenvalue weighted by Gasteiger charge is -2.19. The van der Waals surface area contributed by atoms with Gasteiger partial charge in [-0.15, -0.1) is 0 Å². The predicted octanol–water partition coefficient (Wildman–Crippen LogP) is 1.85. The monoisotopic (exact) mass is 487 g/mol. The van der Waals surface area contributed by atoms with Gasteiger partial charge in [-0.1, -0.05) is 60.2 Å². The molecule has 0 fully saturated rings. The second-order valence-corrected chi connectivity index (χ2v) is 10.9. The van der Waals surface area contributed by atoms with E-state index in [9.17, 15) is 21.6 Å². The summed E-state index contributed by atoms with van der Waals surface area (Å²) in [5.41, 5.74) is 2.35. The van der Waals surface area contributed by atoms with Crippen LogP contribution in [0.1, 0.15) is 16.7 Å². The minimum Gasteiger partial charge on any atom is -0.351 e. The molecule has 0 aliphatic carbocycles. The Hall–Kier alpha value is -3.05. The van der Waals surface area contributed by atoms with E-state index in [2.05, 4.69) is 10.0 Å². The van der Waals surface area contributed by atoms with Crippen molar-refractivity contribution in [1.82, 2.24) is 10.0 Å². The van der Waals surface area contributed by atoms with Gasteiger partial charge in [-0.2, -0.15) is 4.72 Å². The fourth-order valence-electron chi connectivity index (χ4n) is 3.12. The Labute approximate surface area is 193 Å². The molecule has 1 atom stereocenters. The Bertz CT molecular complexity index is 1310. The van der Waals surface area contributed by atoms with Crippen LogP contribution in [-0.2, 0) is 37.8 Å². The number of primary sulfonamides is 1. The van der Waals surface area contributed by atoms with Crippen LogP contribution in [0.2, 0.25) is 0 Å². The summed E-state index contributed by atoms with van der Waals surface area (Å²) in [6.07, 6.45) is 0.155. The molecule has 10 heteroatoms. The molecule has 0 radical (unpaired) electrons. The van der Waals surface area contributed by atoms with E-state index in [1.165, 1.54) is 36.4 Å². The van der Waals surface area contributed by atoms with Gasteiger partial charge in [0.1, 0.15) is 6.04 Å². The number of amides is 1. The lowest BCUT2D eigenvalue weighted by atomic mass is 10.1. The molecule has 33 heavy (non-hydrogen) atoms. The van der Waals surface area contributed by atoms with Crippen LogP contribution >= 0.6 is 0 Å². The molecule has 3 rings (SSSR count). The van der Waals surface area contributed by atoms with Gasteiger partial charge in [0.25, 0.3) is 0 Å². The molecule has 3 aromatic rings. The average molecular weight is 488 g/mol. The number of nitrogens with one attached hydrogen (secondary N) is 2. The summed E-state index contributed by atoms with van der Waals surface area (Å²) in [5, 5.41) is 7.81. The van der Waals surface area contributed by atoms with Crippen LogP contribution in [0, 0.1) is 6.92 Å². The first kappa shape index (κ1) is 24.6.